The second-order valence-corrected chi connectivity index (χ2v) is 9.65. The van der Waals surface area contributed by atoms with Gasteiger partial charge in [0.2, 0.25) is 5.91 Å². The van der Waals surface area contributed by atoms with Crippen molar-refractivity contribution in [1.29, 1.82) is 0 Å². The number of aromatic amines is 1. The van der Waals surface area contributed by atoms with Gasteiger partial charge in [-0.2, -0.15) is 0 Å². The average molecular weight is 462 g/mol. The molecule has 2 aromatic rings. The zero-order chi connectivity index (χ0) is 24.2. The monoisotopic (exact) mass is 461 g/mol. The Morgan fingerprint density at radius 2 is 2.12 bits per heavy atom. The molecule has 6 nitrogen and oxygen atoms in total. The zero-order valence-corrected chi connectivity index (χ0v) is 20.2. The van der Waals surface area contributed by atoms with Crippen molar-refractivity contribution in [2.45, 2.75) is 64.3 Å². The topological polar surface area (TPSA) is 85.8 Å². The summed E-state index contributed by atoms with van der Waals surface area (Å²) in [6.45, 7) is 8.54. The predicted molar refractivity (Wildman–Crippen MR) is 137 cm³/mol. The Kier molecular flexibility index (Phi) is 7.35. The molecule has 2 N–H and O–H groups in total. The summed E-state index contributed by atoms with van der Waals surface area (Å²) in [6, 6.07) is 6.14. The molecule has 34 heavy (non-hydrogen) atoms. The van der Waals surface area contributed by atoms with Gasteiger partial charge in [0.15, 0.2) is 0 Å². The van der Waals surface area contributed by atoms with Crippen LogP contribution in [-0.2, 0) is 9.59 Å². The molecule has 2 aliphatic rings. The molecular weight excluding hydrogens is 426 g/mol. The van der Waals surface area contributed by atoms with Crippen molar-refractivity contribution in [3.05, 3.63) is 53.8 Å². The number of carbonyl (C=O) groups excluding carboxylic acids is 1. The number of nitrogens with zero attached hydrogens (tertiary/aromatic N) is 2. The quantitative estimate of drug-likeness (QED) is 0.405. The molecule has 1 aromatic heterocycles. The van der Waals surface area contributed by atoms with Crippen molar-refractivity contribution in [2.75, 3.05) is 6.54 Å². The molecule has 1 aliphatic carbocycles. The number of hydrogen-bond donors (Lipinski definition) is 2. The minimum atomic E-state index is -0.707. The van der Waals surface area contributed by atoms with Crippen molar-refractivity contribution in [2.24, 2.45) is 16.8 Å². The summed E-state index contributed by atoms with van der Waals surface area (Å²) < 4.78 is 0. The van der Waals surface area contributed by atoms with E-state index in [1.54, 1.807) is 0 Å². The molecule has 1 amide bonds. The molecule has 2 heterocycles. The Morgan fingerprint density at radius 1 is 1.29 bits per heavy atom. The van der Waals surface area contributed by atoms with Gasteiger partial charge < -0.3 is 15.0 Å². The first-order chi connectivity index (χ1) is 16.5. The van der Waals surface area contributed by atoms with E-state index >= 15 is 0 Å². The molecule has 2 fully saturated rings. The summed E-state index contributed by atoms with van der Waals surface area (Å²) >= 11 is 0. The fourth-order valence-corrected chi connectivity index (χ4v) is 6.02. The third-order valence-corrected chi connectivity index (χ3v) is 7.64. The molecule has 0 bridgehead atoms. The van der Waals surface area contributed by atoms with Gasteiger partial charge in [-0.25, -0.2) is 0 Å². The van der Waals surface area contributed by atoms with Crippen LogP contribution in [0.25, 0.3) is 16.6 Å². The molecule has 0 radical (unpaired) electrons. The van der Waals surface area contributed by atoms with Gasteiger partial charge in [0.1, 0.15) is 0 Å². The lowest BCUT2D eigenvalue weighted by Crippen LogP contribution is -2.53. The number of carboxylic acid groups (broad SMARTS) is 1. The Morgan fingerprint density at radius 3 is 2.85 bits per heavy atom. The van der Waals surface area contributed by atoms with E-state index in [4.69, 9.17) is 0 Å². The number of aliphatic imine (C=N–C) groups is 1. The number of aromatic nitrogens is 1. The summed E-state index contributed by atoms with van der Waals surface area (Å²) in [6.07, 6.45) is 12.6. The van der Waals surface area contributed by atoms with Crippen LogP contribution in [0.4, 0.5) is 0 Å². The molecule has 4 atom stereocenters. The van der Waals surface area contributed by atoms with Gasteiger partial charge in [-0.1, -0.05) is 37.6 Å². The van der Waals surface area contributed by atoms with Crippen LogP contribution in [0.2, 0.25) is 0 Å². The molecule has 1 aromatic carbocycles. The minimum Gasteiger partial charge on any atom is -0.481 e. The lowest BCUT2D eigenvalue weighted by Gasteiger charge is -2.46. The number of hydrogen-bond acceptors (Lipinski definition) is 3. The SMILES string of the molecule is C=NC(=CC=CC)c1cccc2[nH]cc(C(C)CC(=O)N3CCCC4C(C(=O)O)CCCC43)c12. The molecule has 4 rings (SSSR count). The van der Waals surface area contributed by atoms with E-state index in [1.807, 2.05) is 54.4 Å². The van der Waals surface area contributed by atoms with Crippen molar-refractivity contribution < 1.29 is 14.7 Å². The highest BCUT2D eigenvalue weighted by Crippen LogP contribution is 2.41. The Bertz CT molecular complexity index is 1130. The maximum atomic E-state index is 13.5. The van der Waals surface area contributed by atoms with Gasteiger partial charge in [0.05, 0.1) is 11.6 Å². The fourth-order valence-electron chi connectivity index (χ4n) is 6.02. The highest BCUT2D eigenvalue weighted by atomic mass is 16.4. The van der Waals surface area contributed by atoms with E-state index in [2.05, 4.69) is 23.6 Å². The van der Waals surface area contributed by atoms with Crippen molar-refractivity contribution in [3.8, 4) is 0 Å². The second-order valence-electron chi connectivity index (χ2n) is 9.65. The third kappa shape index (κ3) is 4.59. The van der Waals surface area contributed by atoms with E-state index in [1.165, 1.54) is 0 Å². The maximum absolute atomic E-state index is 13.5. The number of piperidine rings is 1. The van der Waals surface area contributed by atoms with Crippen LogP contribution >= 0.6 is 0 Å². The number of nitrogens with one attached hydrogen (secondary N) is 1. The van der Waals surface area contributed by atoms with Gasteiger partial charge in [-0.15, -0.1) is 0 Å². The molecule has 1 saturated carbocycles. The summed E-state index contributed by atoms with van der Waals surface area (Å²) in [5.74, 6) is -0.809. The van der Waals surface area contributed by atoms with Crippen LogP contribution < -0.4 is 0 Å². The number of fused-ring (bicyclic) bond motifs is 2. The van der Waals surface area contributed by atoms with Gasteiger partial charge in [-0.3, -0.25) is 14.6 Å². The number of benzene rings is 1. The fraction of sp³-hybridized carbons (Fsp3) is 0.464. The van der Waals surface area contributed by atoms with Crippen LogP contribution in [0.5, 0.6) is 0 Å². The van der Waals surface area contributed by atoms with Crippen molar-refractivity contribution in [3.63, 3.8) is 0 Å². The summed E-state index contributed by atoms with van der Waals surface area (Å²) in [5.41, 5.74) is 3.89. The lowest BCUT2D eigenvalue weighted by molar-refractivity contribution is -0.152. The minimum absolute atomic E-state index is 0.00872. The van der Waals surface area contributed by atoms with E-state index < -0.39 is 5.97 Å². The summed E-state index contributed by atoms with van der Waals surface area (Å²) in [7, 11) is 0. The van der Waals surface area contributed by atoms with E-state index in [0.29, 0.717) is 6.42 Å². The standard InChI is InChI=1S/C28H35N3O3/c1-4-5-12-23(29-3)21-10-6-13-24-27(21)22(17-30-24)18(2)16-26(32)31-15-8-11-19-20(28(33)34)9-7-14-25(19)31/h4-6,10,12-13,17-20,25,30H,3,7-9,11,14-16H2,1-2H3,(H,33,34). The highest BCUT2D eigenvalue weighted by Gasteiger charge is 2.43. The summed E-state index contributed by atoms with van der Waals surface area (Å²) in [4.78, 5) is 34.9. The first-order valence-electron chi connectivity index (χ1n) is 12.4. The van der Waals surface area contributed by atoms with E-state index in [9.17, 15) is 14.7 Å². The lowest BCUT2D eigenvalue weighted by atomic mass is 9.71. The Balaban J connectivity index is 1.59. The Labute approximate surface area is 201 Å². The van der Waals surface area contributed by atoms with Gasteiger partial charge in [0.25, 0.3) is 0 Å². The molecule has 180 valence electrons. The maximum Gasteiger partial charge on any atom is 0.306 e. The summed E-state index contributed by atoms with van der Waals surface area (Å²) in [5, 5.41) is 10.8. The van der Waals surface area contributed by atoms with Gasteiger partial charge in [-0.05, 0) is 68.9 Å². The van der Waals surface area contributed by atoms with Gasteiger partial charge >= 0.3 is 5.97 Å². The number of likely N-dealkylation sites (tertiary alicyclic amines) is 1. The first kappa shape index (κ1) is 24.0. The number of carboxylic acids is 1. The Hall–Kier alpha value is -3.15. The predicted octanol–water partition coefficient (Wildman–Crippen LogP) is 5.77. The number of carbonyl (C=O) groups is 2. The molecule has 0 spiro atoms. The van der Waals surface area contributed by atoms with E-state index in [-0.39, 0.29) is 29.7 Å². The highest BCUT2D eigenvalue weighted by molar-refractivity contribution is 5.96. The number of allylic oxidation sites excluding steroid dienone is 3. The normalized spacial score (nSPS) is 24.2. The zero-order valence-electron chi connectivity index (χ0n) is 20.2. The number of amides is 1. The molecule has 1 aliphatic heterocycles. The molecular formula is C28H35N3O3. The molecule has 1 saturated heterocycles. The molecule has 4 unspecified atom stereocenters. The van der Waals surface area contributed by atoms with Crippen molar-refractivity contribution in [1.82, 2.24) is 9.88 Å². The average Bonchev–Trinajstić information content (AvgIpc) is 3.28. The first-order valence-corrected chi connectivity index (χ1v) is 12.4. The van der Waals surface area contributed by atoms with Crippen molar-refractivity contribution >= 4 is 35.2 Å². The number of rotatable bonds is 7. The number of H-pyrrole nitrogens is 1. The van der Waals surface area contributed by atoms with Crippen LogP contribution in [0.15, 0.2) is 47.6 Å². The van der Waals surface area contributed by atoms with Crippen LogP contribution in [-0.4, -0.2) is 46.2 Å². The smallest absolute Gasteiger partial charge is 0.306 e. The van der Waals surface area contributed by atoms with Crippen LogP contribution in [0.1, 0.15) is 69.4 Å². The van der Waals surface area contributed by atoms with Crippen LogP contribution in [0, 0.1) is 11.8 Å². The third-order valence-electron chi connectivity index (χ3n) is 7.64. The van der Waals surface area contributed by atoms with Crippen LogP contribution in [0.3, 0.4) is 0 Å². The largest absolute Gasteiger partial charge is 0.481 e. The van der Waals surface area contributed by atoms with E-state index in [0.717, 1.165) is 66.4 Å². The second kappa shape index (κ2) is 10.4. The molecule has 6 heteroatoms. The number of aliphatic carboxylic acids is 1. The van der Waals surface area contributed by atoms with Gasteiger partial charge in [0, 0.05) is 41.7 Å².